The van der Waals surface area contributed by atoms with Gasteiger partial charge in [0.25, 0.3) is 0 Å². The van der Waals surface area contributed by atoms with Crippen LogP contribution >= 0.6 is 12.6 Å². The third kappa shape index (κ3) is 3.95. The Bertz CT molecular complexity index is 814. The molecule has 0 saturated heterocycles. The number of carbonyl (C=O) groups excluding carboxylic acids is 2. The van der Waals surface area contributed by atoms with Gasteiger partial charge in [-0.15, -0.1) is 0 Å². The van der Waals surface area contributed by atoms with Crippen LogP contribution in [0, 0.1) is 0 Å². The number of fused-ring (bicyclic) bond motifs is 3. The van der Waals surface area contributed by atoms with Crippen LogP contribution < -0.4 is 5.32 Å². The molecule has 27 heavy (non-hydrogen) atoms. The van der Waals surface area contributed by atoms with E-state index in [1.165, 1.54) is 7.11 Å². The number of esters is 1. The van der Waals surface area contributed by atoms with E-state index >= 15 is 0 Å². The summed E-state index contributed by atoms with van der Waals surface area (Å²) < 4.78 is 9.43. The minimum atomic E-state index is -0.915. The molecule has 0 aromatic heterocycles. The lowest BCUT2D eigenvalue weighted by Gasteiger charge is -2.28. The molecule has 0 heterocycles. The van der Waals surface area contributed by atoms with Gasteiger partial charge in [0, 0.05) is 10.7 Å². The Labute approximate surface area is 164 Å². The normalized spacial score (nSPS) is 14.1. The van der Waals surface area contributed by atoms with E-state index in [-0.39, 0.29) is 12.5 Å². The summed E-state index contributed by atoms with van der Waals surface area (Å²) in [5.41, 5.74) is 4.58. The van der Waals surface area contributed by atoms with Crippen molar-refractivity contribution in [3.63, 3.8) is 0 Å². The first-order valence-corrected chi connectivity index (χ1v) is 9.19. The quantitative estimate of drug-likeness (QED) is 0.607. The number of rotatable bonds is 5. The first kappa shape index (κ1) is 19.3. The van der Waals surface area contributed by atoms with Crippen molar-refractivity contribution in [3.05, 3.63) is 59.7 Å². The van der Waals surface area contributed by atoms with Crippen LogP contribution in [0.1, 0.15) is 30.9 Å². The molecule has 0 radical (unpaired) electrons. The minimum absolute atomic E-state index is 0.0382. The highest BCUT2D eigenvalue weighted by Crippen LogP contribution is 2.44. The molecule has 0 bridgehead atoms. The van der Waals surface area contributed by atoms with Gasteiger partial charge in [-0.25, -0.2) is 9.59 Å². The standard InChI is InChI=1S/C21H23NO4S/c1-21(2,27)18(19(23)25-3)22-20(24)26-12-17-15-10-6-4-8-13(15)14-9-5-7-11-16(14)17/h4-11,17-18,27H,12H2,1-3H3,(H,22,24)/t18-/m0/s1. The second-order valence-electron chi connectivity index (χ2n) is 7.08. The van der Waals surface area contributed by atoms with E-state index in [9.17, 15) is 9.59 Å². The Balaban J connectivity index is 1.73. The summed E-state index contributed by atoms with van der Waals surface area (Å²) in [6, 6.07) is 15.3. The molecule has 0 saturated carbocycles. The maximum Gasteiger partial charge on any atom is 0.407 e. The summed E-state index contributed by atoms with van der Waals surface area (Å²) in [6.45, 7) is 3.63. The molecule has 0 aliphatic heterocycles. The number of hydrogen-bond donors (Lipinski definition) is 2. The fraction of sp³-hybridized carbons (Fsp3) is 0.333. The van der Waals surface area contributed by atoms with Crippen molar-refractivity contribution in [1.82, 2.24) is 5.32 Å². The molecule has 0 unspecified atom stereocenters. The summed E-state index contributed by atoms with van der Waals surface area (Å²) in [7, 11) is 1.27. The number of nitrogens with one attached hydrogen (secondary N) is 1. The van der Waals surface area contributed by atoms with Crippen molar-refractivity contribution in [2.75, 3.05) is 13.7 Å². The molecule has 5 nitrogen and oxygen atoms in total. The van der Waals surface area contributed by atoms with Crippen molar-refractivity contribution < 1.29 is 19.1 Å². The van der Waals surface area contributed by atoms with Gasteiger partial charge in [0.15, 0.2) is 0 Å². The molecule has 1 amide bonds. The lowest BCUT2D eigenvalue weighted by atomic mass is 9.98. The Morgan fingerprint density at radius 3 is 2.07 bits per heavy atom. The predicted molar refractivity (Wildman–Crippen MR) is 107 cm³/mol. The SMILES string of the molecule is COC(=O)[C@H](NC(=O)OCC1c2ccccc2-c2ccccc21)C(C)(C)S. The monoisotopic (exact) mass is 385 g/mol. The average Bonchev–Trinajstić information content (AvgIpc) is 2.97. The number of hydrogen-bond acceptors (Lipinski definition) is 5. The Morgan fingerprint density at radius 2 is 1.59 bits per heavy atom. The van der Waals surface area contributed by atoms with Gasteiger partial charge in [-0.3, -0.25) is 0 Å². The number of methoxy groups -OCH3 is 1. The lowest BCUT2D eigenvalue weighted by Crippen LogP contribution is -2.52. The van der Waals surface area contributed by atoms with E-state index in [4.69, 9.17) is 9.47 Å². The molecule has 1 aliphatic carbocycles. The molecule has 1 atom stereocenters. The van der Waals surface area contributed by atoms with Gasteiger partial charge in [0.2, 0.25) is 0 Å². The fourth-order valence-electron chi connectivity index (χ4n) is 3.40. The summed E-state index contributed by atoms with van der Waals surface area (Å²) in [5.74, 6) is -0.604. The molecule has 1 N–H and O–H groups in total. The van der Waals surface area contributed by atoms with Crippen LogP contribution in [0.15, 0.2) is 48.5 Å². The molecule has 2 aromatic rings. The van der Waals surface area contributed by atoms with Gasteiger partial charge in [-0.2, -0.15) is 12.6 Å². The third-order valence-electron chi connectivity index (χ3n) is 4.75. The topological polar surface area (TPSA) is 64.6 Å². The molecular weight excluding hydrogens is 362 g/mol. The van der Waals surface area contributed by atoms with E-state index in [1.54, 1.807) is 13.8 Å². The largest absolute Gasteiger partial charge is 0.467 e. The Kier molecular flexibility index (Phi) is 5.46. The summed E-state index contributed by atoms with van der Waals surface area (Å²) in [4.78, 5) is 24.3. The summed E-state index contributed by atoms with van der Waals surface area (Å²) >= 11 is 4.38. The third-order valence-corrected chi connectivity index (χ3v) is 5.01. The number of alkyl carbamates (subject to hydrolysis) is 1. The Morgan fingerprint density at radius 1 is 1.07 bits per heavy atom. The Hall–Kier alpha value is -2.47. The maximum absolute atomic E-state index is 12.3. The zero-order chi connectivity index (χ0) is 19.6. The van der Waals surface area contributed by atoms with Crippen LogP contribution in [0.2, 0.25) is 0 Å². The van der Waals surface area contributed by atoms with Gasteiger partial charge in [0.05, 0.1) is 7.11 Å². The number of ether oxygens (including phenoxy) is 2. The van der Waals surface area contributed by atoms with Crippen LogP contribution in [0.5, 0.6) is 0 Å². The summed E-state index contributed by atoms with van der Waals surface area (Å²) in [6.07, 6.45) is -0.672. The number of carbonyl (C=O) groups is 2. The van der Waals surface area contributed by atoms with E-state index in [2.05, 4.69) is 42.2 Å². The molecular formula is C21H23NO4S. The van der Waals surface area contributed by atoms with E-state index in [0.29, 0.717) is 0 Å². The molecule has 1 aliphatic rings. The second-order valence-corrected chi connectivity index (χ2v) is 8.23. The van der Waals surface area contributed by atoms with Crippen LogP contribution in [0.3, 0.4) is 0 Å². The van der Waals surface area contributed by atoms with Crippen LogP contribution in [-0.2, 0) is 14.3 Å². The minimum Gasteiger partial charge on any atom is -0.467 e. The molecule has 6 heteroatoms. The van der Waals surface area contributed by atoms with E-state index in [0.717, 1.165) is 22.3 Å². The van der Waals surface area contributed by atoms with Gasteiger partial charge in [-0.1, -0.05) is 48.5 Å². The molecule has 0 spiro atoms. The van der Waals surface area contributed by atoms with Crippen molar-refractivity contribution in [1.29, 1.82) is 0 Å². The van der Waals surface area contributed by atoms with Crippen LogP contribution in [0.4, 0.5) is 4.79 Å². The van der Waals surface area contributed by atoms with Crippen molar-refractivity contribution in [2.45, 2.75) is 30.6 Å². The van der Waals surface area contributed by atoms with Crippen LogP contribution in [0.25, 0.3) is 11.1 Å². The van der Waals surface area contributed by atoms with Gasteiger partial charge < -0.3 is 14.8 Å². The first-order valence-electron chi connectivity index (χ1n) is 8.74. The number of amides is 1. The zero-order valence-corrected chi connectivity index (χ0v) is 16.5. The maximum atomic E-state index is 12.3. The second kappa shape index (κ2) is 7.64. The van der Waals surface area contributed by atoms with Gasteiger partial charge >= 0.3 is 12.1 Å². The highest BCUT2D eigenvalue weighted by molar-refractivity contribution is 7.81. The highest BCUT2D eigenvalue weighted by Gasteiger charge is 2.36. The average molecular weight is 385 g/mol. The molecule has 0 fully saturated rings. The zero-order valence-electron chi connectivity index (χ0n) is 15.6. The summed E-state index contributed by atoms with van der Waals surface area (Å²) in [5, 5.41) is 2.57. The molecule has 3 rings (SSSR count). The number of benzene rings is 2. The van der Waals surface area contributed by atoms with Crippen LogP contribution in [-0.4, -0.2) is 36.6 Å². The van der Waals surface area contributed by atoms with Crippen molar-refractivity contribution in [3.8, 4) is 11.1 Å². The van der Waals surface area contributed by atoms with Gasteiger partial charge in [-0.05, 0) is 36.1 Å². The van der Waals surface area contributed by atoms with Crippen molar-refractivity contribution in [2.24, 2.45) is 0 Å². The van der Waals surface area contributed by atoms with E-state index in [1.807, 2.05) is 24.3 Å². The predicted octanol–water partition coefficient (Wildman–Crippen LogP) is 3.78. The number of thiol groups is 1. The van der Waals surface area contributed by atoms with Gasteiger partial charge in [0.1, 0.15) is 12.6 Å². The van der Waals surface area contributed by atoms with Crippen molar-refractivity contribution >= 4 is 24.7 Å². The highest BCUT2D eigenvalue weighted by atomic mass is 32.1. The smallest absolute Gasteiger partial charge is 0.407 e. The van der Waals surface area contributed by atoms with E-state index < -0.39 is 22.9 Å². The molecule has 142 valence electrons. The first-order chi connectivity index (χ1) is 12.8. The molecule has 2 aromatic carbocycles. The lowest BCUT2D eigenvalue weighted by molar-refractivity contribution is -0.143. The fourth-order valence-corrected chi connectivity index (χ4v) is 3.57.